The summed E-state index contributed by atoms with van der Waals surface area (Å²) in [5, 5.41) is 14.0. The first-order valence-corrected chi connectivity index (χ1v) is 11.8. The first kappa shape index (κ1) is 21.1. The molecule has 1 aliphatic rings. The van der Waals surface area contributed by atoms with Gasteiger partial charge >= 0.3 is 0 Å². The van der Waals surface area contributed by atoms with Crippen molar-refractivity contribution in [2.45, 2.75) is 30.6 Å². The van der Waals surface area contributed by atoms with Crippen molar-refractivity contribution in [2.75, 3.05) is 17.7 Å². The Labute approximate surface area is 194 Å². The molecule has 0 radical (unpaired) electrons. The molecule has 9 heteroatoms. The van der Waals surface area contributed by atoms with Crippen molar-refractivity contribution in [1.29, 1.82) is 0 Å². The quantitative estimate of drug-likeness (QED) is 0.374. The monoisotopic (exact) mass is 467 g/mol. The number of fused-ring (bicyclic) bond motifs is 1. The van der Waals surface area contributed by atoms with Gasteiger partial charge in [-0.05, 0) is 31.0 Å². The number of nitrogens with one attached hydrogen (secondary N) is 2. The largest absolute Gasteiger partial charge is 0.376 e. The highest BCUT2D eigenvalue weighted by molar-refractivity contribution is 7.99. The number of thioether (sulfide) groups is 1. The van der Waals surface area contributed by atoms with Crippen LogP contribution in [0.3, 0.4) is 0 Å². The lowest BCUT2D eigenvalue weighted by Crippen LogP contribution is -2.18. The number of rotatable bonds is 7. The van der Waals surface area contributed by atoms with Crippen molar-refractivity contribution in [1.82, 2.24) is 19.7 Å². The van der Waals surface area contributed by atoms with E-state index in [-0.39, 0.29) is 17.8 Å². The van der Waals surface area contributed by atoms with Gasteiger partial charge in [0.15, 0.2) is 11.0 Å². The number of ether oxygens (including phenoxy) is 1. The number of hydrogen-bond donors (Lipinski definition) is 2. The van der Waals surface area contributed by atoms with Crippen LogP contribution in [0.1, 0.15) is 12.8 Å². The number of para-hydroxylation sites is 2. The van der Waals surface area contributed by atoms with Gasteiger partial charge in [0.2, 0.25) is 5.91 Å². The molecule has 4 aromatic rings. The average molecular weight is 468 g/mol. The molecule has 1 amide bonds. The molecule has 7 nitrogen and oxygen atoms in total. The SMILES string of the molecule is O=C(CSc1nnc(-c2c[nH]c3ccccc23)n1CC1CCCO1)Nc1ccccc1Cl. The van der Waals surface area contributed by atoms with Gasteiger partial charge in [0.25, 0.3) is 0 Å². The van der Waals surface area contributed by atoms with E-state index in [1.165, 1.54) is 11.8 Å². The predicted octanol–water partition coefficient (Wildman–Crippen LogP) is 4.99. The first-order valence-electron chi connectivity index (χ1n) is 10.5. The summed E-state index contributed by atoms with van der Waals surface area (Å²) in [5.74, 6) is 0.818. The zero-order valence-corrected chi connectivity index (χ0v) is 18.8. The topological polar surface area (TPSA) is 84.8 Å². The van der Waals surface area contributed by atoms with Crippen LogP contribution in [0.4, 0.5) is 5.69 Å². The van der Waals surface area contributed by atoms with Crippen molar-refractivity contribution >= 4 is 45.9 Å². The Bertz CT molecular complexity index is 1250. The first-order chi connectivity index (χ1) is 15.7. The molecule has 1 saturated heterocycles. The Morgan fingerprint density at radius 1 is 1.22 bits per heavy atom. The zero-order chi connectivity index (χ0) is 21.9. The molecule has 164 valence electrons. The number of carbonyl (C=O) groups is 1. The summed E-state index contributed by atoms with van der Waals surface area (Å²) in [6.45, 7) is 1.42. The fourth-order valence-corrected chi connectivity index (χ4v) is 4.82. The molecule has 0 bridgehead atoms. The molecule has 1 atom stereocenters. The number of amides is 1. The van der Waals surface area contributed by atoms with Gasteiger partial charge in [-0.3, -0.25) is 9.36 Å². The highest BCUT2D eigenvalue weighted by Crippen LogP contribution is 2.31. The third-order valence-corrected chi connectivity index (χ3v) is 6.73. The Kier molecular flexibility index (Phi) is 6.16. The minimum Gasteiger partial charge on any atom is -0.376 e. The van der Waals surface area contributed by atoms with Crippen LogP contribution >= 0.6 is 23.4 Å². The molecule has 2 aromatic carbocycles. The van der Waals surface area contributed by atoms with Crippen LogP contribution < -0.4 is 5.32 Å². The fourth-order valence-electron chi connectivity index (χ4n) is 3.89. The molecular formula is C23H22ClN5O2S. The minimum absolute atomic E-state index is 0.117. The van der Waals surface area contributed by atoms with E-state index in [1.54, 1.807) is 12.1 Å². The number of aromatic amines is 1. The van der Waals surface area contributed by atoms with Crippen LogP contribution in [-0.2, 0) is 16.1 Å². The molecular weight excluding hydrogens is 446 g/mol. The summed E-state index contributed by atoms with van der Waals surface area (Å²) in [7, 11) is 0. The summed E-state index contributed by atoms with van der Waals surface area (Å²) in [6, 6.07) is 15.3. The maximum absolute atomic E-state index is 12.5. The second-order valence-electron chi connectivity index (χ2n) is 7.62. The van der Waals surface area contributed by atoms with E-state index in [0.29, 0.717) is 22.4 Å². The summed E-state index contributed by atoms with van der Waals surface area (Å²) >= 11 is 7.50. The summed E-state index contributed by atoms with van der Waals surface area (Å²) < 4.78 is 7.94. The van der Waals surface area contributed by atoms with Gasteiger partial charge in [-0.25, -0.2) is 0 Å². The fraction of sp³-hybridized carbons (Fsp3) is 0.261. The number of halogens is 1. The smallest absolute Gasteiger partial charge is 0.234 e. The molecule has 32 heavy (non-hydrogen) atoms. The van der Waals surface area contributed by atoms with Gasteiger partial charge in [-0.1, -0.05) is 53.7 Å². The van der Waals surface area contributed by atoms with Gasteiger partial charge in [-0.2, -0.15) is 0 Å². The maximum Gasteiger partial charge on any atom is 0.234 e. The molecule has 5 rings (SSSR count). The molecule has 1 aliphatic heterocycles. The molecule has 1 unspecified atom stereocenters. The minimum atomic E-state index is -0.150. The molecule has 2 N–H and O–H groups in total. The van der Waals surface area contributed by atoms with Gasteiger partial charge in [0, 0.05) is 29.3 Å². The van der Waals surface area contributed by atoms with E-state index in [0.717, 1.165) is 41.7 Å². The van der Waals surface area contributed by atoms with Crippen LogP contribution in [-0.4, -0.2) is 44.1 Å². The van der Waals surface area contributed by atoms with E-state index in [4.69, 9.17) is 16.3 Å². The van der Waals surface area contributed by atoms with Crippen molar-refractivity contribution in [3.05, 3.63) is 59.8 Å². The van der Waals surface area contributed by atoms with Gasteiger partial charge in [0.05, 0.1) is 29.1 Å². The zero-order valence-electron chi connectivity index (χ0n) is 17.3. The number of hydrogen-bond acceptors (Lipinski definition) is 5. The summed E-state index contributed by atoms with van der Waals surface area (Å²) in [6.07, 6.45) is 4.13. The third-order valence-electron chi connectivity index (χ3n) is 5.44. The lowest BCUT2D eigenvalue weighted by atomic mass is 10.1. The number of H-pyrrole nitrogens is 1. The molecule has 2 aromatic heterocycles. The second kappa shape index (κ2) is 9.36. The van der Waals surface area contributed by atoms with Crippen molar-refractivity contribution < 1.29 is 9.53 Å². The van der Waals surface area contributed by atoms with E-state index in [1.807, 2.05) is 36.5 Å². The van der Waals surface area contributed by atoms with E-state index >= 15 is 0 Å². The Morgan fingerprint density at radius 3 is 2.91 bits per heavy atom. The van der Waals surface area contributed by atoms with Crippen molar-refractivity contribution in [3.8, 4) is 11.4 Å². The van der Waals surface area contributed by atoms with Crippen molar-refractivity contribution in [3.63, 3.8) is 0 Å². The van der Waals surface area contributed by atoms with Crippen LogP contribution in [0.25, 0.3) is 22.3 Å². The number of aromatic nitrogens is 4. The van der Waals surface area contributed by atoms with Crippen molar-refractivity contribution in [2.24, 2.45) is 0 Å². The normalized spacial score (nSPS) is 16.0. The van der Waals surface area contributed by atoms with Crippen LogP contribution in [0.5, 0.6) is 0 Å². The Hall–Kier alpha value is -2.81. The van der Waals surface area contributed by atoms with Gasteiger partial charge in [-0.15, -0.1) is 10.2 Å². The number of anilines is 1. The Morgan fingerprint density at radius 2 is 2.06 bits per heavy atom. The number of benzene rings is 2. The summed E-state index contributed by atoms with van der Waals surface area (Å²) in [4.78, 5) is 15.8. The molecule has 0 aliphatic carbocycles. The lowest BCUT2D eigenvalue weighted by molar-refractivity contribution is -0.113. The molecule has 0 spiro atoms. The van der Waals surface area contributed by atoms with Crippen LogP contribution in [0, 0.1) is 0 Å². The van der Waals surface area contributed by atoms with E-state index in [2.05, 4.69) is 31.1 Å². The van der Waals surface area contributed by atoms with Gasteiger partial charge < -0.3 is 15.0 Å². The van der Waals surface area contributed by atoms with E-state index in [9.17, 15) is 4.79 Å². The van der Waals surface area contributed by atoms with Crippen LogP contribution in [0.15, 0.2) is 59.9 Å². The number of nitrogens with zero attached hydrogens (tertiary/aromatic N) is 3. The highest BCUT2D eigenvalue weighted by Gasteiger charge is 2.23. The maximum atomic E-state index is 12.5. The molecule has 3 heterocycles. The lowest BCUT2D eigenvalue weighted by Gasteiger charge is -2.14. The Balaban J connectivity index is 1.39. The second-order valence-corrected chi connectivity index (χ2v) is 8.97. The van der Waals surface area contributed by atoms with E-state index < -0.39 is 0 Å². The predicted molar refractivity (Wildman–Crippen MR) is 127 cm³/mol. The van der Waals surface area contributed by atoms with Gasteiger partial charge in [0.1, 0.15) is 0 Å². The highest BCUT2D eigenvalue weighted by atomic mass is 35.5. The summed E-state index contributed by atoms with van der Waals surface area (Å²) in [5.41, 5.74) is 2.63. The number of carbonyl (C=O) groups excluding carboxylic acids is 1. The third kappa shape index (κ3) is 4.39. The molecule has 1 fully saturated rings. The van der Waals surface area contributed by atoms with Crippen LogP contribution in [0.2, 0.25) is 5.02 Å². The average Bonchev–Trinajstić information content (AvgIpc) is 3.54. The molecule has 0 saturated carbocycles. The standard InChI is InChI=1S/C23H22ClN5O2S/c24-18-8-2-4-10-20(18)26-21(30)14-32-23-28-27-22(29(23)13-15-6-5-11-31-15)17-12-25-19-9-3-1-7-16(17)19/h1-4,7-10,12,15,25H,5-6,11,13-14H2,(H,26,30).